The van der Waals surface area contributed by atoms with E-state index in [2.05, 4.69) is 25.5 Å². The minimum atomic E-state index is -0.331. The lowest BCUT2D eigenvalue weighted by molar-refractivity contribution is -0.129. The van der Waals surface area contributed by atoms with Crippen LogP contribution in [0.5, 0.6) is 0 Å². The Kier molecular flexibility index (Phi) is 3.93. The molecule has 0 aromatic carbocycles. The SMILES string of the molecule is Cc1noc(CC2C(=O)NCCN2Cc2c(C)noc2C)n1. The van der Waals surface area contributed by atoms with E-state index < -0.39 is 0 Å². The molecule has 3 heterocycles. The van der Waals surface area contributed by atoms with E-state index in [1.165, 1.54) is 0 Å². The molecule has 22 heavy (non-hydrogen) atoms. The largest absolute Gasteiger partial charge is 0.361 e. The lowest BCUT2D eigenvalue weighted by Gasteiger charge is -2.34. The van der Waals surface area contributed by atoms with Crippen LogP contribution in [0.15, 0.2) is 9.05 Å². The van der Waals surface area contributed by atoms with Gasteiger partial charge in [-0.05, 0) is 20.8 Å². The third kappa shape index (κ3) is 2.87. The number of hydrogen-bond donors (Lipinski definition) is 1. The first kappa shape index (κ1) is 14.7. The second kappa shape index (κ2) is 5.88. The number of piperazine rings is 1. The van der Waals surface area contributed by atoms with Crippen LogP contribution < -0.4 is 5.32 Å². The van der Waals surface area contributed by atoms with E-state index >= 15 is 0 Å². The Bertz CT molecular complexity index is 658. The number of amides is 1. The number of nitrogens with one attached hydrogen (secondary N) is 1. The summed E-state index contributed by atoms with van der Waals surface area (Å²) in [7, 11) is 0. The first-order valence-corrected chi connectivity index (χ1v) is 7.27. The van der Waals surface area contributed by atoms with Crippen LogP contribution in [0.2, 0.25) is 0 Å². The lowest BCUT2D eigenvalue weighted by atomic mass is 10.1. The molecule has 3 rings (SSSR count). The van der Waals surface area contributed by atoms with Crippen LogP contribution in [0.4, 0.5) is 0 Å². The minimum Gasteiger partial charge on any atom is -0.361 e. The molecule has 8 heteroatoms. The molecule has 0 bridgehead atoms. The molecule has 1 saturated heterocycles. The van der Waals surface area contributed by atoms with Gasteiger partial charge in [-0.3, -0.25) is 9.69 Å². The Morgan fingerprint density at radius 2 is 2.09 bits per heavy atom. The van der Waals surface area contributed by atoms with Crippen molar-refractivity contribution in [2.24, 2.45) is 0 Å². The monoisotopic (exact) mass is 305 g/mol. The Labute approximate surface area is 127 Å². The summed E-state index contributed by atoms with van der Waals surface area (Å²) in [6.45, 7) is 7.55. The molecule has 1 aliphatic heterocycles. The topological polar surface area (TPSA) is 97.3 Å². The maximum atomic E-state index is 12.2. The molecule has 1 fully saturated rings. The van der Waals surface area contributed by atoms with Gasteiger partial charge in [0.1, 0.15) is 5.76 Å². The van der Waals surface area contributed by atoms with E-state index in [1.54, 1.807) is 6.92 Å². The van der Waals surface area contributed by atoms with Crippen molar-refractivity contribution in [2.75, 3.05) is 13.1 Å². The lowest BCUT2D eigenvalue weighted by Crippen LogP contribution is -2.55. The average Bonchev–Trinajstić information content (AvgIpc) is 3.02. The van der Waals surface area contributed by atoms with E-state index in [0.717, 1.165) is 23.6 Å². The van der Waals surface area contributed by atoms with E-state index in [4.69, 9.17) is 9.05 Å². The van der Waals surface area contributed by atoms with Gasteiger partial charge in [-0.15, -0.1) is 0 Å². The predicted molar refractivity (Wildman–Crippen MR) is 75.9 cm³/mol. The molecule has 1 amide bonds. The van der Waals surface area contributed by atoms with E-state index in [0.29, 0.717) is 31.2 Å². The zero-order chi connectivity index (χ0) is 15.7. The Morgan fingerprint density at radius 3 is 2.73 bits per heavy atom. The van der Waals surface area contributed by atoms with Crippen molar-refractivity contribution in [2.45, 2.75) is 39.8 Å². The summed E-state index contributed by atoms with van der Waals surface area (Å²) in [5.74, 6) is 1.82. The number of carbonyl (C=O) groups excluding carboxylic acids is 1. The Hall–Kier alpha value is -2.22. The van der Waals surface area contributed by atoms with Gasteiger partial charge < -0.3 is 14.4 Å². The number of nitrogens with zero attached hydrogens (tertiary/aromatic N) is 4. The normalized spacial score (nSPS) is 19.4. The third-order valence-electron chi connectivity index (χ3n) is 3.92. The molecule has 2 aromatic heterocycles. The summed E-state index contributed by atoms with van der Waals surface area (Å²) in [5.41, 5.74) is 1.89. The van der Waals surface area contributed by atoms with E-state index in [1.807, 2.05) is 13.8 Å². The average molecular weight is 305 g/mol. The fourth-order valence-electron chi connectivity index (χ4n) is 2.69. The zero-order valence-corrected chi connectivity index (χ0v) is 12.9. The second-order valence-electron chi connectivity index (χ2n) is 5.52. The molecule has 1 aliphatic rings. The molecule has 8 nitrogen and oxygen atoms in total. The van der Waals surface area contributed by atoms with Crippen LogP contribution in [-0.2, 0) is 17.8 Å². The number of carbonyl (C=O) groups is 1. The highest BCUT2D eigenvalue weighted by atomic mass is 16.5. The number of aryl methyl sites for hydroxylation is 3. The molecule has 2 aromatic rings. The van der Waals surface area contributed by atoms with Crippen molar-refractivity contribution >= 4 is 5.91 Å². The third-order valence-corrected chi connectivity index (χ3v) is 3.92. The van der Waals surface area contributed by atoms with Crippen molar-refractivity contribution in [3.05, 3.63) is 28.7 Å². The summed E-state index contributed by atoms with van der Waals surface area (Å²) in [5, 5.41) is 10.6. The van der Waals surface area contributed by atoms with Gasteiger partial charge in [0, 0.05) is 25.2 Å². The van der Waals surface area contributed by atoms with Gasteiger partial charge in [0.2, 0.25) is 11.8 Å². The minimum absolute atomic E-state index is 0.0196. The van der Waals surface area contributed by atoms with Gasteiger partial charge in [-0.1, -0.05) is 10.3 Å². The fraction of sp³-hybridized carbons (Fsp3) is 0.571. The molecule has 0 radical (unpaired) electrons. The maximum absolute atomic E-state index is 12.2. The van der Waals surface area contributed by atoms with Gasteiger partial charge in [0.05, 0.1) is 18.2 Å². The smallest absolute Gasteiger partial charge is 0.237 e. The number of aromatic nitrogens is 3. The van der Waals surface area contributed by atoms with Gasteiger partial charge in [0.25, 0.3) is 0 Å². The van der Waals surface area contributed by atoms with Crippen LogP contribution >= 0.6 is 0 Å². The summed E-state index contributed by atoms with van der Waals surface area (Å²) in [6.07, 6.45) is 0.399. The van der Waals surface area contributed by atoms with Crippen LogP contribution in [0.1, 0.15) is 28.7 Å². The van der Waals surface area contributed by atoms with Crippen molar-refractivity contribution in [1.29, 1.82) is 0 Å². The van der Waals surface area contributed by atoms with Crippen molar-refractivity contribution in [3.8, 4) is 0 Å². The van der Waals surface area contributed by atoms with E-state index in [9.17, 15) is 4.79 Å². The number of rotatable bonds is 4. The Morgan fingerprint density at radius 1 is 1.27 bits per heavy atom. The first-order chi connectivity index (χ1) is 10.5. The molecule has 0 saturated carbocycles. The van der Waals surface area contributed by atoms with Gasteiger partial charge in [0.15, 0.2) is 5.82 Å². The van der Waals surface area contributed by atoms with Crippen molar-refractivity contribution in [1.82, 2.24) is 25.5 Å². The van der Waals surface area contributed by atoms with Gasteiger partial charge in [-0.2, -0.15) is 4.98 Å². The highest BCUT2D eigenvalue weighted by Crippen LogP contribution is 2.19. The molecular weight excluding hydrogens is 286 g/mol. The van der Waals surface area contributed by atoms with Gasteiger partial charge in [-0.25, -0.2) is 0 Å². The summed E-state index contributed by atoms with van der Waals surface area (Å²) >= 11 is 0. The highest BCUT2D eigenvalue weighted by Gasteiger charge is 2.32. The van der Waals surface area contributed by atoms with Crippen LogP contribution in [0.25, 0.3) is 0 Å². The molecular formula is C14H19N5O3. The van der Waals surface area contributed by atoms with Crippen LogP contribution in [0, 0.1) is 20.8 Å². The molecule has 0 spiro atoms. The molecule has 0 aliphatic carbocycles. The first-order valence-electron chi connectivity index (χ1n) is 7.27. The molecule has 118 valence electrons. The zero-order valence-electron chi connectivity index (χ0n) is 12.9. The number of hydrogen-bond acceptors (Lipinski definition) is 7. The fourth-order valence-corrected chi connectivity index (χ4v) is 2.69. The highest BCUT2D eigenvalue weighted by molar-refractivity contribution is 5.82. The molecule has 1 atom stereocenters. The molecule has 1 N–H and O–H groups in total. The van der Waals surface area contributed by atoms with Gasteiger partial charge >= 0.3 is 0 Å². The van der Waals surface area contributed by atoms with Crippen LogP contribution in [-0.4, -0.2) is 45.2 Å². The maximum Gasteiger partial charge on any atom is 0.237 e. The second-order valence-corrected chi connectivity index (χ2v) is 5.52. The van der Waals surface area contributed by atoms with Crippen molar-refractivity contribution in [3.63, 3.8) is 0 Å². The summed E-state index contributed by atoms with van der Waals surface area (Å²) in [4.78, 5) is 18.5. The standard InChI is InChI=1S/C14H19N5O3/c1-8-11(9(2)21-17-8)7-19-5-4-15-14(20)12(19)6-13-16-10(3)18-22-13/h12H,4-7H2,1-3H3,(H,15,20). The summed E-state index contributed by atoms with van der Waals surface area (Å²) < 4.78 is 10.4. The predicted octanol–water partition coefficient (Wildman–Crippen LogP) is 0.526. The van der Waals surface area contributed by atoms with Crippen LogP contribution in [0.3, 0.4) is 0 Å². The quantitative estimate of drug-likeness (QED) is 0.879. The van der Waals surface area contributed by atoms with Crippen molar-refractivity contribution < 1.29 is 13.8 Å². The summed E-state index contributed by atoms with van der Waals surface area (Å²) in [6, 6.07) is -0.331. The Balaban J connectivity index is 1.79. The molecule has 1 unspecified atom stereocenters. The van der Waals surface area contributed by atoms with E-state index in [-0.39, 0.29) is 11.9 Å².